The fraction of sp³-hybridized carbons (Fsp3) is 0.720. The zero-order valence-electron chi connectivity index (χ0n) is 22.1. The minimum Gasteiger partial charge on any atom is -0.541 e. The first-order valence-corrected chi connectivity index (χ1v) is 17.7. The number of carbonyl (C=O) groups is 1. The molecule has 1 fully saturated rings. The lowest BCUT2D eigenvalue weighted by Gasteiger charge is -2.40. The number of hydrogen-bond acceptors (Lipinski definition) is 4. The molecule has 1 aromatic carbocycles. The number of likely N-dealkylation sites (tertiary alicyclic amines) is 1. The summed E-state index contributed by atoms with van der Waals surface area (Å²) < 4.78 is 13.4. The van der Waals surface area contributed by atoms with Crippen LogP contribution in [0.3, 0.4) is 0 Å². The molecular weight excluding hydrogens is 434 g/mol. The minimum absolute atomic E-state index is 0.0460. The van der Waals surface area contributed by atoms with Crippen LogP contribution in [0.2, 0.25) is 36.3 Å². The summed E-state index contributed by atoms with van der Waals surface area (Å²) in [5.41, 5.74) is 0.924. The number of nitrogens with zero attached hydrogens (tertiary/aromatic N) is 1. The van der Waals surface area contributed by atoms with E-state index in [1.807, 2.05) is 25.1 Å². The molecular formula is C25H45NO4Si2. The summed E-state index contributed by atoms with van der Waals surface area (Å²) >= 11 is 0. The van der Waals surface area contributed by atoms with Crippen molar-refractivity contribution < 1.29 is 18.8 Å². The van der Waals surface area contributed by atoms with E-state index in [-0.39, 0.29) is 21.9 Å². The second-order valence-electron chi connectivity index (χ2n) is 12.4. The highest BCUT2D eigenvalue weighted by Gasteiger charge is 2.42. The van der Waals surface area contributed by atoms with Crippen molar-refractivity contribution in [3.8, 4) is 11.5 Å². The molecule has 1 aromatic rings. The Morgan fingerprint density at radius 2 is 1.50 bits per heavy atom. The monoisotopic (exact) mass is 479 g/mol. The van der Waals surface area contributed by atoms with E-state index in [0.717, 1.165) is 17.1 Å². The summed E-state index contributed by atoms with van der Waals surface area (Å²) in [6, 6.07) is 6.00. The van der Waals surface area contributed by atoms with Gasteiger partial charge in [0.2, 0.25) is 5.91 Å². The molecule has 7 heteroatoms. The summed E-state index contributed by atoms with van der Waals surface area (Å²) in [7, 11) is -4.17. The van der Waals surface area contributed by atoms with E-state index in [4.69, 9.17) is 8.85 Å². The molecule has 2 unspecified atom stereocenters. The molecule has 2 rings (SSSR count). The van der Waals surface area contributed by atoms with E-state index in [9.17, 15) is 9.90 Å². The van der Waals surface area contributed by atoms with Crippen LogP contribution in [0, 0.1) is 0 Å². The van der Waals surface area contributed by atoms with Gasteiger partial charge in [-0.25, -0.2) is 0 Å². The van der Waals surface area contributed by atoms with Gasteiger partial charge >= 0.3 is 0 Å². The predicted molar refractivity (Wildman–Crippen MR) is 138 cm³/mol. The molecule has 0 radical (unpaired) electrons. The largest absolute Gasteiger partial charge is 0.541 e. The minimum atomic E-state index is -2.11. The van der Waals surface area contributed by atoms with E-state index < -0.39 is 22.7 Å². The number of rotatable bonds is 6. The van der Waals surface area contributed by atoms with Crippen LogP contribution in [0.5, 0.6) is 11.5 Å². The molecule has 0 spiro atoms. The third-order valence-corrected chi connectivity index (χ3v) is 16.3. The predicted octanol–water partition coefficient (Wildman–Crippen LogP) is 6.15. The Labute approximate surface area is 197 Å². The van der Waals surface area contributed by atoms with Crippen LogP contribution in [0.25, 0.3) is 0 Å². The van der Waals surface area contributed by atoms with Crippen LogP contribution in [0.4, 0.5) is 0 Å². The summed E-state index contributed by atoms with van der Waals surface area (Å²) in [5, 5.41) is 9.95. The summed E-state index contributed by atoms with van der Waals surface area (Å²) in [6.45, 7) is 25.3. The first-order valence-electron chi connectivity index (χ1n) is 11.8. The van der Waals surface area contributed by atoms with Crippen molar-refractivity contribution in [2.45, 2.75) is 103 Å². The van der Waals surface area contributed by atoms with Gasteiger partial charge in [0, 0.05) is 13.1 Å². The molecule has 0 aliphatic carbocycles. The fourth-order valence-electron chi connectivity index (χ4n) is 3.17. The summed E-state index contributed by atoms with van der Waals surface area (Å²) in [6.07, 6.45) is 0.237. The Morgan fingerprint density at radius 1 is 1.00 bits per heavy atom. The van der Waals surface area contributed by atoms with Crippen molar-refractivity contribution in [2.75, 3.05) is 13.1 Å². The fourth-order valence-corrected chi connectivity index (χ4v) is 5.21. The Balaban J connectivity index is 2.44. The maximum Gasteiger partial charge on any atom is 0.250 e. The number of hydrogen-bond donors (Lipinski definition) is 1. The normalized spacial score (nSPS) is 19.1. The molecule has 1 aliphatic rings. The number of aliphatic hydroxyl groups excluding tert-OH is 1. The Bertz CT molecular complexity index is 824. The zero-order valence-corrected chi connectivity index (χ0v) is 24.1. The van der Waals surface area contributed by atoms with Crippen LogP contribution < -0.4 is 8.85 Å². The van der Waals surface area contributed by atoms with Gasteiger partial charge in [0.25, 0.3) is 16.6 Å². The molecule has 1 heterocycles. The van der Waals surface area contributed by atoms with Gasteiger partial charge in [-0.2, -0.15) is 0 Å². The van der Waals surface area contributed by atoms with E-state index in [2.05, 4.69) is 67.7 Å². The van der Waals surface area contributed by atoms with E-state index >= 15 is 0 Å². The average molecular weight is 480 g/mol. The lowest BCUT2D eigenvalue weighted by Crippen LogP contribution is -2.45. The summed E-state index contributed by atoms with van der Waals surface area (Å²) in [5.74, 6) is 1.28. The smallest absolute Gasteiger partial charge is 0.250 e. The molecule has 1 aliphatic heterocycles. The van der Waals surface area contributed by atoms with Crippen LogP contribution >= 0.6 is 0 Å². The van der Waals surface area contributed by atoms with E-state index in [0.29, 0.717) is 19.5 Å². The molecule has 1 amide bonds. The molecule has 0 bridgehead atoms. The Hall–Kier alpha value is -1.32. The standard InChI is InChI=1S/C25H45NO4Si2/c1-18(23(28)26-15-14-20(27)17-26)19-12-13-21(29-31(8,9)24(2,3)4)22(16-19)30-32(10,11)25(5,6)7/h12-13,16,18,20,27H,14-15,17H2,1-11H3. The van der Waals surface area contributed by atoms with Crippen LogP contribution in [-0.4, -0.2) is 51.7 Å². The summed E-state index contributed by atoms with van der Waals surface area (Å²) in [4.78, 5) is 14.8. The maximum atomic E-state index is 13.1. The van der Waals surface area contributed by atoms with Crippen molar-refractivity contribution in [1.82, 2.24) is 4.90 Å². The molecule has 1 N–H and O–H groups in total. The second kappa shape index (κ2) is 9.14. The van der Waals surface area contributed by atoms with Gasteiger partial charge in [0.15, 0.2) is 0 Å². The third kappa shape index (κ3) is 5.97. The maximum absolute atomic E-state index is 13.1. The number of β-amino-alcohol motifs (C(OH)–C–C–N with tert-alkyl or cyclic N) is 1. The van der Waals surface area contributed by atoms with Gasteiger partial charge in [-0.1, -0.05) is 47.6 Å². The highest BCUT2D eigenvalue weighted by molar-refractivity contribution is 6.75. The Morgan fingerprint density at radius 3 is 1.94 bits per heavy atom. The number of benzene rings is 1. The average Bonchev–Trinajstić information content (AvgIpc) is 3.06. The first kappa shape index (κ1) is 26.9. The van der Waals surface area contributed by atoms with Crippen LogP contribution in [0.15, 0.2) is 18.2 Å². The van der Waals surface area contributed by atoms with Crippen molar-refractivity contribution >= 4 is 22.5 Å². The van der Waals surface area contributed by atoms with Gasteiger partial charge in [0.1, 0.15) is 11.5 Å². The van der Waals surface area contributed by atoms with Gasteiger partial charge in [-0.3, -0.25) is 4.79 Å². The Kier molecular flexibility index (Phi) is 7.69. The van der Waals surface area contributed by atoms with Crippen molar-refractivity contribution in [3.63, 3.8) is 0 Å². The van der Waals surface area contributed by atoms with Crippen molar-refractivity contribution in [3.05, 3.63) is 23.8 Å². The van der Waals surface area contributed by atoms with Gasteiger partial charge < -0.3 is 18.9 Å². The molecule has 182 valence electrons. The zero-order chi connectivity index (χ0) is 24.7. The molecule has 2 atom stereocenters. The molecule has 1 saturated heterocycles. The number of carbonyl (C=O) groups excluding carboxylic acids is 1. The second-order valence-corrected chi connectivity index (χ2v) is 21.8. The number of aliphatic hydroxyl groups is 1. The quantitative estimate of drug-likeness (QED) is 0.497. The lowest BCUT2D eigenvalue weighted by molar-refractivity contribution is -0.131. The number of amides is 1. The van der Waals surface area contributed by atoms with E-state index in [1.165, 1.54) is 0 Å². The van der Waals surface area contributed by atoms with Crippen LogP contribution in [0.1, 0.15) is 66.4 Å². The van der Waals surface area contributed by atoms with E-state index in [1.54, 1.807) is 4.90 Å². The highest BCUT2D eigenvalue weighted by atomic mass is 28.4. The van der Waals surface area contributed by atoms with Crippen LogP contribution in [-0.2, 0) is 4.79 Å². The van der Waals surface area contributed by atoms with Gasteiger partial charge in [-0.15, -0.1) is 0 Å². The SMILES string of the molecule is CC(C(=O)N1CCC(O)C1)c1ccc(O[Si](C)(C)C(C)(C)C)c(O[Si](C)(C)C(C)(C)C)c1. The topological polar surface area (TPSA) is 59.0 Å². The first-order chi connectivity index (χ1) is 14.4. The lowest BCUT2D eigenvalue weighted by atomic mass is 9.99. The van der Waals surface area contributed by atoms with Crippen molar-refractivity contribution in [1.29, 1.82) is 0 Å². The van der Waals surface area contributed by atoms with Crippen molar-refractivity contribution in [2.24, 2.45) is 0 Å². The van der Waals surface area contributed by atoms with Gasteiger partial charge in [-0.05, 0) is 67.3 Å². The molecule has 0 aromatic heterocycles. The highest BCUT2D eigenvalue weighted by Crippen LogP contribution is 2.44. The third-order valence-electron chi connectivity index (χ3n) is 7.66. The molecule has 5 nitrogen and oxygen atoms in total. The van der Waals surface area contributed by atoms with Gasteiger partial charge in [0.05, 0.1) is 12.0 Å². The molecule has 0 saturated carbocycles. The molecule has 32 heavy (non-hydrogen) atoms.